The topological polar surface area (TPSA) is 234 Å². The number of ketones is 5. The van der Waals surface area contributed by atoms with E-state index in [1.165, 1.54) is 39.2 Å². The van der Waals surface area contributed by atoms with Crippen LogP contribution in [0.2, 0.25) is 0 Å². The van der Waals surface area contributed by atoms with Crippen LogP contribution in [0.3, 0.4) is 0 Å². The zero-order chi connectivity index (χ0) is 44.7. The van der Waals surface area contributed by atoms with E-state index >= 15 is 0 Å². The fraction of sp³-hybridized carbons (Fsp3) is 0.760. The maximum Gasteiger partial charge on any atom is 0.309 e. The summed E-state index contributed by atoms with van der Waals surface area (Å²) in [6, 6.07) is 3.68. The zero-order valence-electron chi connectivity index (χ0n) is 35.7. The molecule has 1 aliphatic carbocycles. The molecule has 1 aromatic rings. The SMILES string of the molecule is C.C.C.C.C.C.C.C.COC(CCC(=O)c1cccs1)CC(C)=O.COC(CCCCC(=O)O)CC(C)=O.COC(CCCCCCC(=O)O)CC(C)=O.COC1(CC(C)=O)CC1C(=O)O. The first-order valence-electron chi connectivity index (χ1n) is 19.6. The number of hydrogen-bond donors (Lipinski definition) is 3. The van der Waals surface area contributed by atoms with E-state index in [0.717, 1.165) is 49.8 Å². The molecule has 3 N–H and O–H groups in total. The summed E-state index contributed by atoms with van der Waals surface area (Å²) in [7, 11) is 6.22. The predicted molar refractivity (Wildman–Crippen MR) is 272 cm³/mol. The van der Waals surface area contributed by atoms with Crippen LogP contribution in [-0.2, 0) is 52.5 Å². The van der Waals surface area contributed by atoms with E-state index in [4.69, 9.17) is 34.3 Å². The van der Waals surface area contributed by atoms with Crippen LogP contribution in [0.25, 0.3) is 0 Å². The van der Waals surface area contributed by atoms with E-state index in [1.807, 2.05) is 17.5 Å². The first-order valence-corrected chi connectivity index (χ1v) is 20.5. The van der Waals surface area contributed by atoms with Gasteiger partial charge >= 0.3 is 17.9 Å². The van der Waals surface area contributed by atoms with Crippen molar-refractivity contribution in [3.8, 4) is 0 Å². The van der Waals surface area contributed by atoms with Gasteiger partial charge in [0.2, 0.25) is 0 Å². The number of hydrogen-bond acceptors (Lipinski definition) is 13. The standard InChI is InChI=1S/C12H22O4.C12H16O3S.C10H18O4.C8H12O4.8CH4/c1-10(13)9-11(16-2)7-5-3-4-6-8-12(14)15;1-9(13)8-10(15-2)5-6-11(14)12-4-3-7-16-12;1-8(11)7-9(14-2)5-3-4-6-10(12)13;1-5(9)3-8(12-2)4-6(8)7(10)11;;;;;;;;/h11H,3-9H2,1-2H3,(H,14,15);3-4,7,10H,5-6,8H2,1-2H3;9H,3-7H2,1-2H3,(H,12,13);6H,3-4H2,1-2H3,(H,10,11);8*1H4. The van der Waals surface area contributed by atoms with Crippen LogP contribution in [-0.4, -0.2) is 114 Å². The average Bonchev–Trinajstić information content (AvgIpc) is 3.58. The van der Waals surface area contributed by atoms with Crippen LogP contribution in [0.1, 0.15) is 206 Å². The van der Waals surface area contributed by atoms with Gasteiger partial charge in [-0.05, 0) is 77.7 Å². The fourth-order valence-corrected chi connectivity index (χ4v) is 6.58. The molecule has 1 saturated carbocycles. The lowest BCUT2D eigenvalue weighted by Crippen LogP contribution is -2.22. The van der Waals surface area contributed by atoms with E-state index < -0.39 is 29.4 Å². The van der Waals surface area contributed by atoms with Gasteiger partial charge in [-0.15, -0.1) is 11.3 Å². The Bertz CT molecular complexity index is 1380. The second-order valence-electron chi connectivity index (χ2n) is 14.5. The molecular weight excluding hydrogens is 873 g/mol. The molecule has 1 fully saturated rings. The van der Waals surface area contributed by atoms with Crippen LogP contribution >= 0.6 is 11.3 Å². The number of rotatable bonds is 29. The van der Waals surface area contributed by atoms with E-state index in [2.05, 4.69) is 0 Å². The molecule has 16 heteroatoms. The molecule has 1 aliphatic rings. The van der Waals surface area contributed by atoms with Gasteiger partial charge in [0.25, 0.3) is 0 Å². The van der Waals surface area contributed by atoms with Crippen molar-refractivity contribution in [3.05, 3.63) is 22.4 Å². The highest BCUT2D eigenvalue weighted by Gasteiger charge is 2.59. The summed E-state index contributed by atoms with van der Waals surface area (Å²) in [5.41, 5.74) is -0.697. The number of ether oxygens (including phenoxy) is 4. The average molecular weight is 973 g/mol. The second kappa shape index (κ2) is 50.7. The number of unbranched alkanes of at least 4 members (excludes halogenated alkanes) is 4. The van der Waals surface area contributed by atoms with E-state index in [1.54, 1.807) is 28.3 Å². The molecule has 1 heterocycles. The van der Waals surface area contributed by atoms with Gasteiger partial charge in [-0.25, -0.2) is 0 Å². The lowest BCUT2D eigenvalue weighted by molar-refractivity contribution is -0.141. The molecule has 0 saturated heterocycles. The Morgan fingerprint density at radius 1 is 0.576 bits per heavy atom. The Labute approximate surface area is 406 Å². The third-order valence-corrected chi connectivity index (χ3v) is 10.1. The summed E-state index contributed by atoms with van der Waals surface area (Å²) in [5, 5.41) is 27.4. The molecule has 396 valence electrons. The highest BCUT2D eigenvalue weighted by atomic mass is 32.1. The highest BCUT2D eigenvalue weighted by Crippen LogP contribution is 2.49. The second-order valence-corrected chi connectivity index (χ2v) is 15.4. The number of carboxylic acid groups (broad SMARTS) is 3. The van der Waals surface area contributed by atoms with Crippen LogP contribution < -0.4 is 0 Å². The Balaban J connectivity index is -0.0000000765. The largest absolute Gasteiger partial charge is 0.481 e. The summed E-state index contributed by atoms with van der Waals surface area (Å²) >= 11 is 1.45. The van der Waals surface area contributed by atoms with Gasteiger partial charge in [0.05, 0.1) is 34.7 Å². The van der Waals surface area contributed by atoms with Crippen molar-refractivity contribution in [2.24, 2.45) is 5.92 Å². The molecule has 0 spiro atoms. The maximum atomic E-state index is 11.7. The van der Waals surface area contributed by atoms with Gasteiger partial charge in [-0.3, -0.25) is 38.4 Å². The summed E-state index contributed by atoms with van der Waals surface area (Å²) < 4.78 is 20.5. The van der Waals surface area contributed by atoms with E-state index in [0.29, 0.717) is 44.9 Å². The first-order chi connectivity index (χ1) is 27.3. The third kappa shape index (κ3) is 46.8. The molecule has 0 bridgehead atoms. The van der Waals surface area contributed by atoms with Crippen molar-refractivity contribution in [1.29, 1.82) is 0 Å². The third-order valence-electron chi connectivity index (χ3n) is 9.15. The minimum absolute atomic E-state index is 0. The number of carboxylic acids is 3. The van der Waals surface area contributed by atoms with E-state index in [-0.39, 0.29) is 126 Å². The van der Waals surface area contributed by atoms with Crippen molar-refractivity contribution in [1.82, 2.24) is 0 Å². The highest BCUT2D eigenvalue weighted by molar-refractivity contribution is 7.12. The number of aliphatic carboxylic acids is 3. The quantitative estimate of drug-likeness (QED) is 0.0500. The molecule has 2 rings (SSSR count). The Morgan fingerprint density at radius 2 is 0.955 bits per heavy atom. The molecule has 0 radical (unpaired) electrons. The lowest BCUT2D eigenvalue weighted by atomic mass is 10.0. The normalized spacial score (nSPS) is 14.6. The Hall–Kier alpha value is -3.70. The van der Waals surface area contributed by atoms with Gasteiger partial charge in [0.1, 0.15) is 23.1 Å². The van der Waals surface area contributed by atoms with Crippen molar-refractivity contribution < 1.29 is 72.6 Å². The van der Waals surface area contributed by atoms with Crippen LogP contribution in [0.15, 0.2) is 17.5 Å². The molecule has 66 heavy (non-hydrogen) atoms. The molecular formula is C50H100O15S. The van der Waals surface area contributed by atoms with Gasteiger partial charge in [0, 0.05) is 73.4 Å². The number of carbonyl (C=O) groups is 8. The van der Waals surface area contributed by atoms with Crippen molar-refractivity contribution in [2.45, 2.75) is 220 Å². The minimum Gasteiger partial charge on any atom is -0.481 e. The fourth-order valence-electron chi connectivity index (χ4n) is 5.89. The molecule has 1 aromatic heterocycles. The minimum atomic E-state index is -0.877. The monoisotopic (exact) mass is 973 g/mol. The molecule has 0 aliphatic heterocycles. The summed E-state index contributed by atoms with van der Waals surface area (Å²) in [5.74, 6) is -2.43. The Morgan fingerprint density at radius 3 is 1.26 bits per heavy atom. The number of Topliss-reactive ketones (excluding diaryl/α,β-unsaturated/α-hetero) is 5. The van der Waals surface area contributed by atoms with Crippen molar-refractivity contribution in [3.63, 3.8) is 0 Å². The lowest BCUT2D eigenvalue weighted by Gasteiger charge is -2.12. The Kier molecular flexibility index (Phi) is 65.8. The number of carbonyl (C=O) groups excluding carboxylic acids is 5. The molecule has 0 amide bonds. The van der Waals surface area contributed by atoms with Gasteiger partial charge in [0.15, 0.2) is 5.78 Å². The van der Waals surface area contributed by atoms with Crippen LogP contribution in [0.4, 0.5) is 0 Å². The molecule has 5 atom stereocenters. The smallest absolute Gasteiger partial charge is 0.309 e. The van der Waals surface area contributed by atoms with E-state index in [9.17, 15) is 38.4 Å². The van der Waals surface area contributed by atoms with Gasteiger partial charge in [-0.1, -0.05) is 91.2 Å². The zero-order valence-corrected chi connectivity index (χ0v) is 36.5. The van der Waals surface area contributed by atoms with Gasteiger partial charge in [-0.2, -0.15) is 0 Å². The number of methoxy groups -OCH3 is 4. The van der Waals surface area contributed by atoms with Crippen LogP contribution in [0.5, 0.6) is 0 Å². The maximum absolute atomic E-state index is 11.7. The predicted octanol–water partition coefficient (Wildman–Crippen LogP) is 12.3. The summed E-state index contributed by atoms with van der Waals surface area (Å²) in [6.07, 6.45) is 10.00. The molecule has 15 nitrogen and oxygen atoms in total. The van der Waals surface area contributed by atoms with Crippen molar-refractivity contribution >= 4 is 58.2 Å². The summed E-state index contributed by atoms with van der Waals surface area (Å²) in [4.78, 5) is 86.8. The summed E-state index contributed by atoms with van der Waals surface area (Å²) in [6.45, 7) is 6.08. The molecule has 5 unspecified atom stereocenters. The van der Waals surface area contributed by atoms with Gasteiger partial charge < -0.3 is 34.3 Å². The number of thiophene rings is 1. The van der Waals surface area contributed by atoms with Crippen molar-refractivity contribution in [2.75, 3.05) is 28.4 Å². The molecule has 0 aromatic carbocycles. The first kappa shape index (κ1) is 85.6. The van der Waals surface area contributed by atoms with Crippen LogP contribution in [0, 0.1) is 5.92 Å².